The van der Waals surface area contributed by atoms with Gasteiger partial charge in [0.25, 0.3) is 0 Å². The quantitative estimate of drug-likeness (QED) is 0.713. The number of hydrogen-bond acceptors (Lipinski definition) is 4. The first-order chi connectivity index (χ1) is 11.6. The summed E-state index contributed by atoms with van der Waals surface area (Å²) < 4.78 is 49.5. The van der Waals surface area contributed by atoms with Crippen molar-refractivity contribution in [1.82, 2.24) is 4.72 Å². The molecule has 8 heteroatoms. The van der Waals surface area contributed by atoms with Crippen molar-refractivity contribution >= 4 is 20.0 Å². The first kappa shape index (κ1) is 19.6. The lowest BCUT2D eigenvalue weighted by atomic mass is 10.1. The Kier molecular flexibility index (Phi) is 5.99. The van der Waals surface area contributed by atoms with Crippen LogP contribution in [0.4, 0.5) is 0 Å². The van der Waals surface area contributed by atoms with E-state index in [0.29, 0.717) is 19.4 Å². The van der Waals surface area contributed by atoms with Gasteiger partial charge in [-0.3, -0.25) is 0 Å². The highest BCUT2D eigenvalue weighted by Gasteiger charge is 2.14. The lowest BCUT2D eigenvalue weighted by molar-refractivity contribution is 0.578. The van der Waals surface area contributed by atoms with Gasteiger partial charge in [0.05, 0.1) is 9.79 Å². The van der Waals surface area contributed by atoms with Crippen LogP contribution in [-0.2, 0) is 26.5 Å². The normalized spacial score (nSPS) is 12.3. The predicted molar refractivity (Wildman–Crippen MR) is 97.2 cm³/mol. The van der Waals surface area contributed by atoms with Crippen molar-refractivity contribution in [2.24, 2.45) is 5.14 Å². The SMILES string of the molecule is Cc1ccc(S(=O)(=O)NCCCc2ccc(S(N)(=O)=O)cc2)cc1C. The molecule has 2 aromatic carbocycles. The minimum Gasteiger partial charge on any atom is -0.225 e. The van der Waals surface area contributed by atoms with Gasteiger partial charge in [0.15, 0.2) is 0 Å². The molecule has 2 rings (SSSR count). The molecule has 6 nitrogen and oxygen atoms in total. The maximum Gasteiger partial charge on any atom is 0.240 e. The number of rotatable bonds is 7. The molecule has 0 fully saturated rings. The van der Waals surface area contributed by atoms with Crippen LogP contribution in [0.1, 0.15) is 23.1 Å². The Morgan fingerprint density at radius 3 is 2.04 bits per heavy atom. The lowest BCUT2D eigenvalue weighted by Gasteiger charge is -2.09. The van der Waals surface area contributed by atoms with E-state index in [-0.39, 0.29) is 9.79 Å². The van der Waals surface area contributed by atoms with Gasteiger partial charge < -0.3 is 0 Å². The monoisotopic (exact) mass is 382 g/mol. The highest BCUT2D eigenvalue weighted by Crippen LogP contribution is 2.15. The van der Waals surface area contributed by atoms with Gasteiger partial charge in [-0.15, -0.1) is 0 Å². The van der Waals surface area contributed by atoms with E-state index in [1.165, 1.54) is 12.1 Å². The summed E-state index contributed by atoms with van der Waals surface area (Å²) in [5.41, 5.74) is 2.89. The van der Waals surface area contributed by atoms with Crippen LogP contribution in [0.5, 0.6) is 0 Å². The molecular weight excluding hydrogens is 360 g/mol. The summed E-state index contributed by atoms with van der Waals surface area (Å²) in [7, 11) is -7.22. The van der Waals surface area contributed by atoms with E-state index in [1.807, 2.05) is 13.8 Å². The summed E-state index contributed by atoms with van der Waals surface area (Å²) in [6, 6.07) is 11.3. The molecule has 25 heavy (non-hydrogen) atoms. The third-order valence-electron chi connectivity index (χ3n) is 3.97. The van der Waals surface area contributed by atoms with Crippen LogP contribution >= 0.6 is 0 Å². The van der Waals surface area contributed by atoms with Crippen LogP contribution in [-0.4, -0.2) is 23.4 Å². The third-order valence-corrected chi connectivity index (χ3v) is 6.36. The molecule has 0 saturated heterocycles. The van der Waals surface area contributed by atoms with E-state index in [1.54, 1.807) is 30.3 Å². The van der Waals surface area contributed by atoms with Crippen molar-refractivity contribution < 1.29 is 16.8 Å². The zero-order valence-electron chi connectivity index (χ0n) is 14.2. The molecule has 0 bridgehead atoms. The topological polar surface area (TPSA) is 106 Å². The fraction of sp³-hybridized carbons (Fsp3) is 0.294. The Bertz CT molecular complexity index is 951. The molecule has 0 aliphatic rings. The Labute approximate surface area is 149 Å². The van der Waals surface area contributed by atoms with Crippen LogP contribution in [0.3, 0.4) is 0 Å². The van der Waals surface area contributed by atoms with Gasteiger partial charge in [-0.1, -0.05) is 18.2 Å². The Morgan fingerprint density at radius 2 is 1.48 bits per heavy atom. The van der Waals surface area contributed by atoms with Gasteiger partial charge in [0, 0.05) is 6.54 Å². The van der Waals surface area contributed by atoms with E-state index >= 15 is 0 Å². The van der Waals surface area contributed by atoms with Gasteiger partial charge in [0.2, 0.25) is 20.0 Å². The van der Waals surface area contributed by atoms with Crippen molar-refractivity contribution in [1.29, 1.82) is 0 Å². The number of primary sulfonamides is 1. The predicted octanol–water partition coefficient (Wildman–Crippen LogP) is 1.86. The zero-order chi connectivity index (χ0) is 18.7. The largest absolute Gasteiger partial charge is 0.240 e. The molecule has 3 N–H and O–H groups in total. The van der Waals surface area contributed by atoms with Crippen LogP contribution in [0.25, 0.3) is 0 Å². The fourth-order valence-electron chi connectivity index (χ4n) is 2.31. The van der Waals surface area contributed by atoms with E-state index < -0.39 is 20.0 Å². The molecule has 0 spiro atoms. The highest BCUT2D eigenvalue weighted by atomic mass is 32.2. The summed E-state index contributed by atoms with van der Waals surface area (Å²) in [5.74, 6) is 0. The number of benzene rings is 2. The molecule has 0 heterocycles. The standard InChI is InChI=1S/C17H22N2O4S2/c1-13-5-8-17(12-14(13)2)25(22,23)19-11-3-4-15-6-9-16(10-7-15)24(18,20)21/h5-10,12,19H,3-4,11H2,1-2H3,(H2,18,20,21). The van der Waals surface area contributed by atoms with Crippen molar-refractivity contribution in [3.8, 4) is 0 Å². The Balaban J connectivity index is 1.91. The van der Waals surface area contributed by atoms with Gasteiger partial charge in [0.1, 0.15) is 0 Å². The van der Waals surface area contributed by atoms with E-state index in [2.05, 4.69) is 4.72 Å². The Morgan fingerprint density at radius 1 is 0.880 bits per heavy atom. The van der Waals surface area contributed by atoms with Gasteiger partial charge in [-0.2, -0.15) is 0 Å². The van der Waals surface area contributed by atoms with E-state index in [4.69, 9.17) is 5.14 Å². The zero-order valence-corrected chi connectivity index (χ0v) is 15.8. The van der Waals surface area contributed by atoms with E-state index in [9.17, 15) is 16.8 Å². The molecule has 0 aliphatic carbocycles. The molecule has 0 amide bonds. The highest BCUT2D eigenvalue weighted by molar-refractivity contribution is 7.89. The van der Waals surface area contributed by atoms with Gasteiger partial charge in [-0.25, -0.2) is 26.7 Å². The smallest absolute Gasteiger partial charge is 0.225 e. The van der Waals surface area contributed by atoms with E-state index in [0.717, 1.165) is 16.7 Å². The molecule has 0 radical (unpaired) electrons. The summed E-state index contributed by atoms with van der Waals surface area (Å²) in [5, 5.41) is 5.05. The minimum absolute atomic E-state index is 0.0618. The summed E-state index contributed by atoms with van der Waals surface area (Å²) in [6.07, 6.45) is 1.22. The summed E-state index contributed by atoms with van der Waals surface area (Å²) in [4.78, 5) is 0.319. The number of sulfonamides is 2. The van der Waals surface area contributed by atoms with Crippen molar-refractivity contribution in [3.05, 3.63) is 59.2 Å². The van der Waals surface area contributed by atoms with Crippen molar-refractivity contribution in [2.75, 3.05) is 6.54 Å². The summed E-state index contributed by atoms with van der Waals surface area (Å²) >= 11 is 0. The van der Waals surface area contributed by atoms with Crippen LogP contribution in [0.2, 0.25) is 0 Å². The molecule has 0 unspecified atom stereocenters. The second-order valence-corrected chi connectivity index (χ2v) is 9.26. The van der Waals surface area contributed by atoms with Gasteiger partial charge in [-0.05, 0) is 67.6 Å². The lowest BCUT2D eigenvalue weighted by Crippen LogP contribution is -2.25. The molecule has 0 saturated carbocycles. The molecule has 0 atom stereocenters. The summed E-state index contributed by atoms with van der Waals surface area (Å²) in [6.45, 7) is 4.10. The second-order valence-electron chi connectivity index (χ2n) is 5.94. The third kappa shape index (κ3) is 5.37. The van der Waals surface area contributed by atoms with Crippen molar-refractivity contribution in [3.63, 3.8) is 0 Å². The average Bonchev–Trinajstić information content (AvgIpc) is 2.53. The number of hydrogen-bond donors (Lipinski definition) is 2. The molecule has 0 aliphatic heterocycles. The number of aryl methyl sites for hydroxylation is 3. The van der Waals surface area contributed by atoms with Crippen LogP contribution in [0, 0.1) is 13.8 Å². The van der Waals surface area contributed by atoms with Crippen molar-refractivity contribution in [2.45, 2.75) is 36.5 Å². The second kappa shape index (κ2) is 7.65. The Hall–Kier alpha value is -1.74. The maximum absolute atomic E-state index is 12.3. The first-order valence-electron chi connectivity index (χ1n) is 7.78. The van der Waals surface area contributed by atoms with Gasteiger partial charge >= 0.3 is 0 Å². The minimum atomic E-state index is -3.69. The molecule has 136 valence electrons. The maximum atomic E-state index is 12.3. The van der Waals surface area contributed by atoms with Crippen LogP contribution < -0.4 is 9.86 Å². The fourth-order valence-corrected chi connectivity index (χ4v) is 3.98. The number of nitrogens with two attached hydrogens (primary N) is 1. The first-order valence-corrected chi connectivity index (χ1v) is 10.8. The van der Waals surface area contributed by atoms with Crippen LogP contribution in [0.15, 0.2) is 52.3 Å². The molecule has 2 aromatic rings. The number of nitrogens with one attached hydrogen (secondary N) is 1. The molecular formula is C17H22N2O4S2. The molecule has 0 aromatic heterocycles. The average molecular weight is 383 g/mol.